The summed E-state index contributed by atoms with van der Waals surface area (Å²) in [4.78, 5) is 0. The summed E-state index contributed by atoms with van der Waals surface area (Å²) in [7, 11) is 0. The molecule has 0 spiro atoms. The van der Waals surface area contributed by atoms with Crippen molar-refractivity contribution >= 4 is 27.9 Å². The monoisotopic (exact) mass is 158 g/mol. The third-order valence-corrected chi connectivity index (χ3v) is 1.62. The molecule has 0 saturated heterocycles. The Morgan fingerprint density at radius 2 is 1.82 bits per heavy atom. The van der Waals surface area contributed by atoms with E-state index in [1.165, 1.54) is 31.6 Å². The number of hydrogen-bond donors (Lipinski definition) is 1. The molecule has 1 rings (SSSR count). The zero-order valence-corrected chi connectivity index (χ0v) is 8.83. The van der Waals surface area contributed by atoms with Gasteiger partial charge in [0.1, 0.15) is 5.75 Å². The van der Waals surface area contributed by atoms with E-state index in [1.54, 1.807) is 24.3 Å². The predicted molar refractivity (Wildman–Crippen MR) is 48.9 cm³/mol. The number of phenolic OH excluding ortho intramolecular Hbond substituents is 1. The Morgan fingerprint density at radius 3 is 2.00 bits per heavy atom. The van der Waals surface area contributed by atoms with Crippen molar-refractivity contribution in [2.45, 2.75) is 3.67 Å². The Balaban J connectivity index is 0.000000218. The van der Waals surface area contributed by atoms with E-state index in [2.05, 4.69) is 6.58 Å². The van der Waals surface area contributed by atoms with Gasteiger partial charge in [0.05, 0.1) is 0 Å². The number of para-hydroxylation sites is 1. The second kappa shape index (κ2) is 7.86. The van der Waals surface area contributed by atoms with Crippen LogP contribution in [-0.4, -0.2) is 33.0 Å². The summed E-state index contributed by atoms with van der Waals surface area (Å²) < 4.78 is 1.22. The van der Waals surface area contributed by atoms with Crippen LogP contribution >= 0.6 is 0 Å². The summed E-state index contributed by atoms with van der Waals surface area (Å²) in [6.45, 7) is 3.51. The van der Waals surface area contributed by atoms with E-state index in [9.17, 15) is 0 Å². The molecule has 11 heavy (non-hydrogen) atoms. The molecule has 2 heteroatoms. The molecule has 0 amide bonds. The molecule has 1 nitrogen and oxygen atoms in total. The van der Waals surface area contributed by atoms with Crippen LogP contribution in [0.25, 0.3) is 0 Å². The Bertz CT molecular complexity index is 184. The van der Waals surface area contributed by atoms with Crippen LogP contribution in [0.15, 0.2) is 43.0 Å². The molecule has 0 heterocycles. The normalized spacial score (nSPS) is 7.82. The zero-order valence-electron chi connectivity index (χ0n) is 6.83. The van der Waals surface area contributed by atoms with Crippen LogP contribution in [0.5, 0.6) is 5.75 Å². The molecule has 0 fully saturated rings. The Kier molecular flexibility index (Phi) is 7.69. The van der Waals surface area contributed by atoms with E-state index in [4.69, 9.17) is 5.11 Å². The van der Waals surface area contributed by atoms with E-state index in [-0.39, 0.29) is 0 Å². The summed E-state index contributed by atoms with van der Waals surface area (Å²) in [6, 6.07) is 8.71. The molecular weight excluding hydrogens is 147 g/mol. The van der Waals surface area contributed by atoms with Crippen molar-refractivity contribution in [3.8, 4) is 5.75 Å². The van der Waals surface area contributed by atoms with Gasteiger partial charge in [-0.1, -0.05) is 18.2 Å². The number of benzene rings is 1. The van der Waals surface area contributed by atoms with Gasteiger partial charge < -0.3 is 5.11 Å². The molecule has 1 aromatic rings. The number of aromatic hydroxyl groups is 1. The predicted octanol–water partition coefficient (Wildman–Crippen LogP) is 2.15. The van der Waals surface area contributed by atoms with Crippen molar-refractivity contribution < 1.29 is 5.11 Å². The minimum absolute atomic E-state index is 0.322. The summed E-state index contributed by atoms with van der Waals surface area (Å²) in [5, 5.41) is 8.63. The summed E-state index contributed by atoms with van der Waals surface area (Å²) in [5.74, 6) is 0.322. The summed E-state index contributed by atoms with van der Waals surface area (Å²) >= 11 is 1.27. The van der Waals surface area contributed by atoms with Crippen LogP contribution in [0.2, 0.25) is 3.67 Å². The zero-order chi connectivity index (χ0) is 8.53. The SMILES string of the molecule is C=C[CH2][Na].Oc1ccccc1. The molecule has 0 aromatic heterocycles. The van der Waals surface area contributed by atoms with Crippen LogP contribution in [0, 0.1) is 0 Å². The van der Waals surface area contributed by atoms with Gasteiger partial charge in [0.2, 0.25) is 0 Å². The summed E-state index contributed by atoms with van der Waals surface area (Å²) in [6.07, 6.45) is 1.94. The first-order valence-electron chi connectivity index (χ1n) is 3.66. The Hall–Kier alpha value is -0.240. The average molecular weight is 158 g/mol. The van der Waals surface area contributed by atoms with Gasteiger partial charge in [0.25, 0.3) is 0 Å². The largest absolute Gasteiger partial charge is 0.508 e. The molecule has 0 bridgehead atoms. The minimum Gasteiger partial charge on any atom is -0.508 e. The van der Waals surface area contributed by atoms with Crippen molar-refractivity contribution in [2.75, 3.05) is 0 Å². The van der Waals surface area contributed by atoms with Crippen LogP contribution < -0.4 is 0 Å². The molecular formula is C9H11NaO. The third-order valence-electron chi connectivity index (χ3n) is 1.04. The molecule has 1 N–H and O–H groups in total. The molecule has 0 aliphatic carbocycles. The van der Waals surface area contributed by atoms with Gasteiger partial charge in [-0.15, -0.1) is 0 Å². The average Bonchev–Trinajstić information content (AvgIpc) is 2.07. The molecule has 0 aliphatic heterocycles. The first-order chi connectivity index (χ1) is 5.31. The molecule has 0 saturated carbocycles. The van der Waals surface area contributed by atoms with Gasteiger partial charge in [-0.2, -0.15) is 0 Å². The van der Waals surface area contributed by atoms with Crippen LogP contribution in [0.3, 0.4) is 0 Å². The molecule has 0 unspecified atom stereocenters. The van der Waals surface area contributed by atoms with Crippen molar-refractivity contribution in [3.05, 3.63) is 43.0 Å². The first-order valence-corrected chi connectivity index (χ1v) is 5.07. The fourth-order valence-electron chi connectivity index (χ4n) is 0.428. The van der Waals surface area contributed by atoms with Gasteiger partial charge in [-0.3, -0.25) is 0 Å². The van der Waals surface area contributed by atoms with Gasteiger partial charge in [-0.05, 0) is 12.1 Å². The number of allylic oxidation sites excluding steroid dienone is 1. The van der Waals surface area contributed by atoms with E-state index < -0.39 is 0 Å². The molecule has 1 aromatic carbocycles. The maximum atomic E-state index is 8.63. The fourth-order valence-corrected chi connectivity index (χ4v) is 0.428. The van der Waals surface area contributed by atoms with Gasteiger partial charge >= 0.3 is 44.3 Å². The van der Waals surface area contributed by atoms with Gasteiger partial charge in [0, 0.05) is 0 Å². The third kappa shape index (κ3) is 7.66. The standard InChI is InChI=1S/C6H6O.C3H5.Na/c7-6-4-2-1-3-5-6;1-3-2;/h1-5,7H;3H,1-2H2;. The van der Waals surface area contributed by atoms with Crippen LogP contribution in [0.1, 0.15) is 0 Å². The van der Waals surface area contributed by atoms with Crippen molar-refractivity contribution in [3.63, 3.8) is 0 Å². The molecule has 54 valence electrons. The molecule has 0 radical (unpaired) electrons. The second-order valence-corrected chi connectivity index (χ2v) is 2.85. The molecule has 0 aliphatic rings. The van der Waals surface area contributed by atoms with E-state index in [0.29, 0.717) is 5.75 Å². The summed E-state index contributed by atoms with van der Waals surface area (Å²) in [5.41, 5.74) is 0. The topological polar surface area (TPSA) is 20.2 Å². The van der Waals surface area contributed by atoms with Gasteiger partial charge in [-0.25, -0.2) is 0 Å². The van der Waals surface area contributed by atoms with Gasteiger partial charge in [0.15, 0.2) is 0 Å². The quantitative estimate of drug-likeness (QED) is 0.490. The Morgan fingerprint density at radius 1 is 1.36 bits per heavy atom. The minimum atomic E-state index is 0.322. The maximum Gasteiger partial charge on any atom is 0.115 e. The maximum absolute atomic E-state index is 8.63. The van der Waals surface area contributed by atoms with E-state index in [0.717, 1.165) is 0 Å². The number of hydrogen-bond acceptors (Lipinski definition) is 1. The fraction of sp³-hybridized carbons (Fsp3) is 0.111. The van der Waals surface area contributed by atoms with Crippen molar-refractivity contribution in [1.82, 2.24) is 0 Å². The smallest absolute Gasteiger partial charge is 0.115 e. The number of phenols is 1. The number of rotatable bonds is 1. The van der Waals surface area contributed by atoms with E-state index in [1.807, 2.05) is 12.1 Å². The van der Waals surface area contributed by atoms with E-state index >= 15 is 0 Å². The van der Waals surface area contributed by atoms with Crippen LogP contribution in [0.4, 0.5) is 0 Å². The Labute approximate surface area is 85.2 Å². The first kappa shape index (κ1) is 10.8. The van der Waals surface area contributed by atoms with Crippen molar-refractivity contribution in [1.29, 1.82) is 0 Å². The van der Waals surface area contributed by atoms with Crippen molar-refractivity contribution in [2.24, 2.45) is 0 Å². The second-order valence-electron chi connectivity index (χ2n) is 2.03. The van der Waals surface area contributed by atoms with Crippen LogP contribution in [-0.2, 0) is 0 Å². The molecule has 0 atom stereocenters.